The summed E-state index contributed by atoms with van der Waals surface area (Å²) in [5, 5.41) is 0. The van der Waals surface area contributed by atoms with E-state index in [1.165, 1.54) is 5.56 Å². The first-order chi connectivity index (χ1) is 8.71. The Balaban J connectivity index is 3.21. The van der Waals surface area contributed by atoms with Gasteiger partial charge in [-0.25, -0.2) is 0 Å². The van der Waals surface area contributed by atoms with E-state index in [1.807, 2.05) is 0 Å². The van der Waals surface area contributed by atoms with Crippen LogP contribution in [0.4, 0.5) is 0 Å². The lowest BCUT2D eigenvalue weighted by atomic mass is 10.2. The zero-order valence-electron chi connectivity index (χ0n) is 13.3. The topological polar surface area (TPSA) is 9.23 Å². The van der Waals surface area contributed by atoms with Crippen molar-refractivity contribution >= 4 is 24.2 Å². The number of hydrogen-bond donors (Lipinski definition) is 0. The zero-order valence-corrected chi connectivity index (χ0v) is 15.8. The van der Waals surface area contributed by atoms with Crippen LogP contribution in [0.5, 0.6) is 5.75 Å². The fraction of sp³-hybridized carbons (Fsp3) is 0.625. The van der Waals surface area contributed by atoms with E-state index in [1.54, 1.807) is 0 Å². The molecule has 0 unspecified atom stereocenters. The molecule has 0 amide bonds. The van der Waals surface area contributed by atoms with E-state index in [9.17, 15) is 0 Å². The van der Waals surface area contributed by atoms with Crippen LogP contribution in [0.25, 0.3) is 0 Å². The Morgan fingerprint density at radius 2 is 1.42 bits per heavy atom. The first-order valence-electron chi connectivity index (χ1n) is 7.17. The summed E-state index contributed by atoms with van der Waals surface area (Å²) in [6.07, 6.45) is 0. The molecule has 1 aromatic carbocycles. The van der Waals surface area contributed by atoms with Crippen LogP contribution in [0, 0.1) is 6.92 Å². The number of rotatable bonds is 5. The van der Waals surface area contributed by atoms with Crippen molar-refractivity contribution < 1.29 is 4.43 Å². The highest BCUT2D eigenvalue weighted by atomic mass is 79.9. The van der Waals surface area contributed by atoms with E-state index in [4.69, 9.17) is 4.43 Å². The molecule has 0 saturated heterocycles. The molecule has 1 nitrogen and oxygen atoms in total. The van der Waals surface area contributed by atoms with Crippen molar-refractivity contribution in [1.29, 1.82) is 0 Å². The van der Waals surface area contributed by atoms with Gasteiger partial charge < -0.3 is 4.43 Å². The van der Waals surface area contributed by atoms with E-state index in [2.05, 4.69) is 82.6 Å². The van der Waals surface area contributed by atoms with E-state index in [-0.39, 0.29) is 0 Å². The average molecular weight is 343 g/mol. The highest BCUT2D eigenvalue weighted by Gasteiger charge is 2.47. The third-order valence-corrected chi connectivity index (χ3v) is 10.7. The van der Waals surface area contributed by atoms with E-state index >= 15 is 0 Å². The van der Waals surface area contributed by atoms with Crippen molar-refractivity contribution in [2.75, 3.05) is 0 Å². The van der Waals surface area contributed by atoms with Gasteiger partial charge in [0.25, 0.3) is 8.32 Å². The summed E-state index contributed by atoms with van der Waals surface area (Å²) in [5.74, 6) is 1.01. The lowest BCUT2D eigenvalue weighted by Gasteiger charge is -2.42. The molecule has 0 spiro atoms. The summed E-state index contributed by atoms with van der Waals surface area (Å²) in [5.41, 5.74) is 3.05. The molecule has 0 aliphatic heterocycles. The molecule has 0 aliphatic rings. The second-order valence-corrected chi connectivity index (χ2v) is 12.6. The first-order valence-corrected chi connectivity index (χ1v) is 10.1. The van der Waals surface area contributed by atoms with E-state index in [0.717, 1.165) is 10.2 Å². The molecule has 1 rings (SSSR count). The van der Waals surface area contributed by atoms with Crippen molar-refractivity contribution in [1.82, 2.24) is 0 Å². The quantitative estimate of drug-likeness (QED) is 0.569. The molecule has 0 bridgehead atoms. The maximum atomic E-state index is 6.66. The van der Waals surface area contributed by atoms with Crippen LogP contribution in [0.1, 0.15) is 47.1 Å². The second kappa shape index (κ2) is 6.44. The van der Waals surface area contributed by atoms with Crippen LogP contribution in [-0.4, -0.2) is 8.32 Å². The van der Waals surface area contributed by atoms with Gasteiger partial charge in [0.1, 0.15) is 5.75 Å². The van der Waals surface area contributed by atoms with Gasteiger partial charge in [0.05, 0.1) is 4.47 Å². The van der Waals surface area contributed by atoms with Gasteiger partial charge in [-0.15, -0.1) is 0 Å². The molecule has 19 heavy (non-hydrogen) atoms. The standard InChI is InChI=1S/C16H27BrOSi/c1-11(2)19(12(3)4,13(5)6)18-16-9-8-14(7)10-15(16)17/h8-13H,1-7H3. The molecule has 0 N–H and O–H groups in total. The number of aryl methyl sites for hydroxylation is 1. The molecule has 0 aromatic heterocycles. The van der Waals surface area contributed by atoms with E-state index in [0.29, 0.717) is 16.6 Å². The zero-order chi connectivity index (χ0) is 14.8. The summed E-state index contributed by atoms with van der Waals surface area (Å²) in [7, 11) is -1.85. The normalized spacial score (nSPS) is 12.6. The second-order valence-electron chi connectivity index (χ2n) is 6.35. The van der Waals surface area contributed by atoms with Crippen molar-refractivity contribution in [2.24, 2.45) is 0 Å². The van der Waals surface area contributed by atoms with Crippen LogP contribution < -0.4 is 4.43 Å². The minimum atomic E-state index is -1.85. The molecule has 1 aromatic rings. The highest BCUT2D eigenvalue weighted by Crippen LogP contribution is 2.44. The Hall–Kier alpha value is -0.283. The van der Waals surface area contributed by atoms with Crippen molar-refractivity contribution in [2.45, 2.75) is 65.1 Å². The minimum Gasteiger partial charge on any atom is -0.542 e. The van der Waals surface area contributed by atoms with Gasteiger partial charge in [-0.3, -0.25) is 0 Å². The molecule has 0 fully saturated rings. The summed E-state index contributed by atoms with van der Waals surface area (Å²) >= 11 is 3.64. The highest BCUT2D eigenvalue weighted by molar-refractivity contribution is 9.10. The van der Waals surface area contributed by atoms with Gasteiger partial charge in [-0.2, -0.15) is 0 Å². The molecule has 0 atom stereocenters. The SMILES string of the molecule is Cc1ccc(O[Si](C(C)C)(C(C)C)C(C)C)c(Br)c1. The van der Waals surface area contributed by atoms with Gasteiger partial charge in [-0.1, -0.05) is 47.6 Å². The molecule has 3 heteroatoms. The first kappa shape index (κ1) is 16.8. The van der Waals surface area contributed by atoms with Gasteiger partial charge in [0.15, 0.2) is 0 Å². The summed E-state index contributed by atoms with van der Waals surface area (Å²) < 4.78 is 7.74. The monoisotopic (exact) mass is 342 g/mol. The third-order valence-electron chi connectivity index (χ3n) is 4.08. The number of hydrogen-bond acceptors (Lipinski definition) is 1. The third kappa shape index (κ3) is 3.43. The number of halogens is 1. The fourth-order valence-corrected chi connectivity index (χ4v) is 9.22. The lowest BCUT2D eigenvalue weighted by Crippen LogP contribution is -2.50. The van der Waals surface area contributed by atoms with Gasteiger partial charge >= 0.3 is 0 Å². The largest absolute Gasteiger partial charge is 0.542 e. The summed E-state index contributed by atoms with van der Waals surface area (Å²) in [6.45, 7) is 16.0. The van der Waals surface area contributed by atoms with Gasteiger partial charge in [0.2, 0.25) is 0 Å². The van der Waals surface area contributed by atoms with Gasteiger partial charge in [-0.05, 0) is 57.2 Å². The van der Waals surface area contributed by atoms with Crippen molar-refractivity contribution in [3.05, 3.63) is 28.2 Å². The molecule has 108 valence electrons. The Morgan fingerprint density at radius 1 is 0.947 bits per heavy atom. The smallest absolute Gasteiger partial charge is 0.258 e. The Bertz CT molecular complexity index is 405. The van der Waals surface area contributed by atoms with Crippen molar-refractivity contribution in [3.8, 4) is 5.75 Å². The van der Waals surface area contributed by atoms with Crippen LogP contribution in [0.15, 0.2) is 22.7 Å². The Labute approximate surface area is 128 Å². The van der Waals surface area contributed by atoms with Gasteiger partial charge in [0, 0.05) is 0 Å². The fourth-order valence-electron chi connectivity index (χ4n) is 3.23. The molecular formula is C16H27BrOSi. The van der Waals surface area contributed by atoms with Crippen molar-refractivity contribution in [3.63, 3.8) is 0 Å². The molecule has 0 radical (unpaired) electrons. The van der Waals surface area contributed by atoms with Crippen LogP contribution in [0.2, 0.25) is 16.6 Å². The lowest BCUT2D eigenvalue weighted by molar-refractivity contribution is 0.477. The summed E-state index contributed by atoms with van der Waals surface area (Å²) in [4.78, 5) is 0. The molecule has 0 saturated carbocycles. The van der Waals surface area contributed by atoms with Crippen LogP contribution in [0.3, 0.4) is 0 Å². The van der Waals surface area contributed by atoms with Crippen LogP contribution >= 0.6 is 15.9 Å². The minimum absolute atomic E-state index is 0.598. The molecule has 0 heterocycles. The molecule has 0 aliphatic carbocycles. The Kier molecular flexibility index (Phi) is 5.69. The maximum Gasteiger partial charge on any atom is 0.258 e. The summed E-state index contributed by atoms with van der Waals surface area (Å²) in [6, 6.07) is 6.37. The Morgan fingerprint density at radius 3 is 1.79 bits per heavy atom. The number of benzene rings is 1. The average Bonchev–Trinajstić information content (AvgIpc) is 2.26. The maximum absolute atomic E-state index is 6.66. The van der Waals surface area contributed by atoms with E-state index < -0.39 is 8.32 Å². The van der Waals surface area contributed by atoms with Crippen LogP contribution in [-0.2, 0) is 0 Å². The predicted octanol–water partition coefficient (Wildman–Crippen LogP) is 6.31. The molecular weight excluding hydrogens is 316 g/mol. The predicted molar refractivity (Wildman–Crippen MR) is 90.6 cm³/mol.